The molecule has 3 rings (SSSR count). The Morgan fingerprint density at radius 1 is 1.41 bits per heavy atom. The molecule has 1 aromatic heterocycles. The van der Waals surface area contributed by atoms with Gasteiger partial charge in [0.05, 0.1) is 16.6 Å². The second-order valence-corrected chi connectivity index (χ2v) is 7.18. The minimum Gasteiger partial charge on any atom is -0.343 e. The molecule has 154 valence electrons. The molecule has 2 heterocycles. The van der Waals surface area contributed by atoms with E-state index in [0.29, 0.717) is 6.54 Å². The van der Waals surface area contributed by atoms with E-state index >= 15 is 4.39 Å². The van der Waals surface area contributed by atoms with Gasteiger partial charge < -0.3 is 16.4 Å². The summed E-state index contributed by atoms with van der Waals surface area (Å²) in [7, 11) is 0. The minimum atomic E-state index is -4.95. The second-order valence-electron chi connectivity index (χ2n) is 7.18. The fourth-order valence-corrected chi connectivity index (χ4v) is 3.72. The third kappa shape index (κ3) is 3.86. The van der Waals surface area contributed by atoms with Crippen molar-refractivity contribution in [3.05, 3.63) is 35.4 Å². The summed E-state index contributed by atoms with van der Waals surface area (Å²) in [6.45, 7) is 2.30. The molecular weight excluding hydrogens is 392 g/mol. The molecule has 1 aliphatic rings. The Kier molecular flexibility index (Phi) is 5.42. The maximum Gasteiger partial charge on any atom is 0.412 e. The lowest BCUT2D eigenvalue weighted by Gasteiger charge is -2.42. The topological polar surface area (TPSA) is 117 Å². The van der Waals surface area contributed by atoms with Crippen LogP contribution in [0.4, 0.5) is 17.6 Å². The number of amides is 1. The molecule has 0 bridgehead atoms. The summed E-state index contributed by atoms with van der Waals surface area (Å²) in [5.41, 5.74) is 3.41. The lowest BCUT2D eigenvalue weighted by Crippen LogP contribution is -2.62. The number of carbonyl (C=O) groups is 1. The summed E-state index contributed by atoms with van der Waals surface area (Å²) >= 11 is 0. The Morgan fingerprint density at radius 3 is 2.66 bits per heavy atom. The Morgan fingerprint density at radius 2 is 2.07 bits per heavy atom. The Hall–Kier alpha value is -2.84. The number of hydrogen-bond donors (Lipinski definition) is 3. The molecule has 4 N–H and O–H groups in total. The average Bonchev–Trinajstić information content (AvgIpc) is 2.65. The van der Waals surface area contributed by atoms with Gasteiger partial charge in [0.25, 0.3) is 0 Å². The highest BCUT2D eigenvalue weighted by Gasteiger charge is 2.47. The highest BCUT2D eigenvalue weighted by Crippen LogP contribution is 2.37. The van der Waals surface area contributed by atoms with Crippen LogP contribution >= 0.6 is 0 Å². The van der Waals surface area contributed by atoms with Gasteiger partial charge in [-0.15, -0.1) is 0 Å². The monoisotopic (exact) mass is 410 g/mol. The van der Waals surface area contributed by atoms with Crippen molar-refractivity contribution < 1.29 is 22.4 Å². The van der Waals surface area contributed by atoms with Crippen molar-refractivity contribution in [2.45, 2.75) is 31.1 Å². The van der Waals surface area contributed by atoms with Gasteiger partial charge in [0.1, 0.15) is 17.4 Å². The van der Waals surface area contributed by atoms with Crippen LogP contribution in [-0.4, -0.2) is 41.2 Å². The summed E-state index contributed by atoms with van der Waals surface area (Å²) < 4.78 is 54.0. The molecule has 1 saturated heterocycles. The lowest BCUT2D eigenvalue weighted by molar-refractivity contribution is -0.164. The van der Waals surface area contributed by atoms with Crippen LogP contribution in [0.15, 0.2) is 18.5 Å². The van der Waals surface area contributed by atoms with Crippen LogP contribution in [0.3, 0.4) is 0 Å². The Bertz CT molecular complexity index is 989. The van der Waals surface area contributed by atoms with Crippen LogP contribution in [-0.2, 0) is 10.3 Å². The molecule has 0 saturated carbocycles. The van der Waals surface area contributed by atoms with Crippen LogP contribution < -0.4 is 16.4 Å². The normalized spacial score (nSPS) is 23.4. The van der Waals surface area contributed by atoms with E-state index in [9.17, 15) is 23.2 Å². The number of hydrogen-bond acceptors (Lipinski definition) is 6. The number of nitrogens with two attached hydrogens (primary N) is 1. The summed E-state index contributed by atoms with van der Waals surface area (Å²) in [5.74, 6) is -2.45. The van der Waals surface area contributed by atoms with Crippen molar-refractivity contribution in [2.75, 3.05) is 13.1 Å². The van der Waals surface area contributed by atoms with Gasteiger partial charge in [0, 0.05) is 24.5 Å². The van der Waals surface area contributed by atoms with Crippen LogP contribution in [0.2, 0.25) is 0 Å². The molecule has 3 atom stereocenters. The zero-order valence-electron chi connectivity index (χ0n) is 15.3. The van der Waals surface area contributed by atoms with E-state index in [1.165, 1.54) is 12.4 Å². The van der Waals surface area contributed by atoms with Gasteiger partial charge in [-0.1, -0.05) is 6.92 Å². The molecular formula is C18H18F4N6O. The second kappa shape index (κ2) is 7.53. The van der Waals surface area contributed by atoms with E-state index in [1.54, 1.807) is 0 Å². The van der Waals surface area contributed by atoms with Crippen LogP contribution in [0, 0.1) is 23.1 Å². The number of carbonyl (C=O) groups excluding carboxylic acids is 1. The number of alkyl halides is 3. The highest BCUT2D eigenvalue weighted by atomic mass is 19.4. The predicted octanol–water partition coefficient (Wildman–Crippen LogP) is 1.47. The molecule has 29 heavy (non-hydrogen) atoms. The van der Waals surface area contributed by atoms with Crippen molar-refractivity contribution >= 4 is 16.9 Å². The van der Waals surface area contributed by atoms with Gasteiger partial charge in [-0.2, -0.15) is 18.4 Å². The minimum absolute atomic E-state index is 0.000769. The fourth-order valence-electron chi connectivity index (χ4n) is 3.72. The number of piperidine rings is 1. The van der Waals surface area contributed by atoms with Gasteiger partial charge in [-0.05, 0) is 24.9 Å². The van der Waals surface area contributed by atoms with Crippen LogP contribution in [0.5, 0.6) is 0 Å². The van der Waals surface area contributed by atoms with Gasteiger partial charge >= 0.3 is 6.18 Å². The van der Waals surface area contributed by atoms with Crippen molar-refractivity contribution in [3.63, 3.8) is 0 Å². The SMILES string of the molecule is C[C@@H]1CNC[C@](NC(=O)[C@@H](N)C(F)(F)F)(c2c(F)cc(C#N)c3nccnc23)C1. The first kappa shape index (κ1) is 20.9. The van der Waals surface area contributed by atoms with Gasteiger partial charge in [-0.3, -0.25) is 14.8 Å². The summed E-state index contributed by atoms with van der Waals surface area (Å²) in [4.78, 5) is 20.5. The smallest absolute Gasteiger partial charge is 0.343 e. The first-order valence-electron chi connectivity index (χ1n) is 8.78. The molecule has 0 radical (unpaired) electrons. The first-order chi connectivity index (χ1) is 13.6. The summed E-state index contributed by atoms with van der Waals surface area (Å²) in [6, 6.07) is 0.00639. The zero-order valence-corrected chi connectivity index (χ0v) is 15.3. The van der Waals surface area contributed by atoms with E-state index in [4.69, 9.17) is 5.73 Å². The maximum absolute atomic E-state index is 15.2. The quantitative estimate of drug-likeness (QED) is 0.660. The number of benzene rings is 1. The molecule has 7 nitrogen and oxygen atoms in total. The van der Waals surface area contributed by atoms with Crippen molar-refractivity contribution in [3.8, 4) is 6.07 Å². The first-order valence-corrected chi connectivity index (χ1v) is 8.78. The largest absolute Gasteiger partial charge is 0.412 e. The van der Waals surface area contributed by atoms with Crippen molar-refractivity contribution in [2.24, 2.45) is 11.7 Å². The van der Waals surface area contributed by atoms with Crippen LogP contribution in [0.1, 0.15) is 24.5 Å². The third-order valence-corrected chi connectivity index (χ3v) is 4.91. The average molecular weight is 410 g/mol. The zero-order chi connectivity index (χ0) is 21.4. The number of nitrogens with zero attached hydrogens (tertiary/aromatic N) is 3. The lowest BCUT2D eigenvalue weighted by atomic mass is 9.77. The van der Waals surface area contributed by atoms with E-state index in [2.05, 4.69) is 20.6 Å². The van der Waals surface area contributed by atoms with Gasteiger partial charge in [-0.25, -0.2) is 4.39 Å². The Balaban J connectivity index is 2.20. The maximum atomic E-state index is 15.2. The molecule has 1 amide bonds. The molecule has 2 aromatic rings. The van der Waals surface area contributed by atoms with Gasteiger partial charge in [0.15, 0.2) is 6.04 Å². The number of aromatic nitrogens is 2. The number of rotatable bonds is 3. The number of halogens is 4. The number of nitriles is 1. The third-order valence-electron chi connectivity index (χ3n) is 4.91. The molecule has 1 aromatic carbocycles. The highest BCUT2D eigenvalue weighted by molar-refractivity contribution is 5.87. The fraction of sp³-hybridized carbons (Fsp3) is 0.444. The number of fused-ring (bicyclic) bond motifs is 1. The van der Waals surface area contributed by atoms with Crippen molar-refractivity contribution in [1.29, 1.82) is 5.26 Å². The van der Waals surface area contributed by atoms with Crippen LogP contribution in [0.25, 0.3) is 11.0 Å². The van der Waals surface area contributed by atoms with Gasteiger partial charge in [0.2, 0.25) is 5.91 Å². The number of nitrogens with one attached hydrogen (secondary N) is 2. The molecule has 1 fully saturated rings. The van der Waals surface area contributed by atoms with E-state index in [0.717, 1.165) is 6.07 Å². The summed E-state index contributed by atoms with van der Waals surface area (Å²) in [5, 5.41) is 14.6. The standard InChI is InChI=1S/C18H18F4N6O/c1-9-5-17(8-25-7-9,28-16(29)15(24)18(20,21)22)12-11(19)4-10(6-23)13-14(12)27-3-2-26-13/h2-4,9,15,25H,5,7-8,24H2,1H3,(H,28,29)/t9-,15+,17-/m0/s1. The van der Waals surface area contributed by atoms with E-state index < -0.39 is 29.5 Å². The summed E-state index contributed by atoms with van der Waals surface area (Å²) in [6.07, 6.45) is -2.21. The van der Waals surface area contributed by atoms with E-state index in [-0.39, 0.29) is 41.0 Å². The molecule has 0 aliphatic carbocycles. The Labute approximate surface area is 163 Å². The molecule has 0 unspecified atom stereocenters. The van der Waals surface area contributed by atoms with E-state index in [1.807, 2.05) is 13.0 Å². The molecule has 11 heteroatoms. The molecule has 1 aliphatic heterocycles. The van der Waals surface area contributed by atoms with Crippen molar-refractivity contribution in [1.82, 2.24) is 20.6 Å². The predicted molar refractivity (Wildman–Crippen MR) is 94.7 cm³/mol. The molecule has 0 spiro atoms.